The number of nitrogens with one attached hydrogen (secondary N) is 1. The van der Waals surface area contributed by atoms with Crippen molar-refractivity contribution in [2.24, 2.45) is 11.8 Å². The predicted molar refractivity (Wildman–Crippen MR) is 255 cm³/mol. The average molecular weight is 922 g/mol. The molecule has 2 N–H and O–H groups in total. The number of carbonyl (C=O) groups excluding carboxylic acids is 2. The van der Waals surface area contributed by atoms with Gasteiger partial charge < -0.3 is 38.6 Å². The van der Waals surface area contributed by atoms with E-state index in [-0.39, 0.29) is 48.8 Å². The van der Waals surface area contributed by atoms with E-state index in [1.165, 1.54) is 5.56 Å². The Morgan fingerprint density at radius 1 is 0.862 bits per heavy atom. The van der Waals surface area contributed by atoms with Crippen LogP contribution in [0.15, 0.2) is 66.7 Å². The van der Waals surface area contributed by atoms with Gasteiger partial charge in [-0.1, -0.05) is 69.2 Å². The summed E-state index contributed by atoms with van der Waals surface area (Å²) in [4.78, 5) is 41.7. The fraction of sp³-hybridized carbons (Fsp3) is 0.569. The Bertz CT molecular complexity index is 2000. The van der Waals surface area contributed by atoms with Crippen LogP contribution in [0.25, 0.3) is 0 Å². The van der Waals surface area contributed by atoms with E-state index >= 15 is 0 Å². The molecule has 14 heteroatoms. The number of fused-ring (bicyclic) bond motifs is 1. The van der Waals surface area contributed by atoms with Gasteiger partial charge in [-0.25, -0.2) is 4.79 Å². The monoisotopic (exact) mass is 921 g/mol. The fourth-order valence-corrected chi connectivity index (χ4v) is 9.29. The summed E-state index contributed by atoms with van der Waals surface area (Å²) in [5, 5.41) is 23.1. The van der Waals surface area contributed by atoms with Crippen LogP contribution in [-0.4, -0.2) is 112 Å². The van der Waals surface area contributed by atoms with Crippen molar-refractivity contribution in [3.63, 3.8) is 0 Å². The maximum Gasteiger partial charge on any atom is 0.326 e. The third kappa shape index (κ3) is 14.5. The molecule has 0 aromatic heterocycles. The van der Waals surface area contributed by atoms with Crippen molar-refractivity contribution >= 4 is 30.3 Å². The molecule has 1 aliphatic heterocycles. The molecule has 2 aliphatic rings. The number of likely N-dealkylation sites (N-methyl/N-ethyl adjacent to an activating group) is 1. The number of methoxy groups -OCH3 is 4. The summed E-state index contributed by atoms with van der Waals surface area (Å²) in [5.74, 6) is 1.67. The molecule has 0 radical (unpaired) electrons. The molecule has 1 saturated heterocycles. The minimum absolute atomic E-state index is 0. The number of amides is 1. The number of aliphatic carboxylic acids is 1. The van der Waals surface area contributed by atoms with Gasteiger partial charge in [-0.2, -0.15) is 5.26 Å². The van der Waals surface area contributed by atoms with Crippen LogP contribution in [0, 0.1) is 23.2 Å². The van der Waals surface area contributed by atoms with Crippen molar-refractivity contribution in [1.29, 1.82) is 5.26 Å². The molecule has 2 fully saturated rings. The van der Waals surface area contributed by atoms with E-state index < -0.39 is 29.5 Å². The van der Waals surface area contributed by atoms with E-state index in [0.29, 0.717) is 30.8 Å². The number of hydrogen-bond acceptors (Lipinski definition) is 11. The highest BCUT2D eigenvalue weighted by Crippen LogP contribution is 2.42. The maximum atomic E-state index is 13.4. The lowest BCUT2D eigenvalue weighted by Crippen LogP contribution is -2.55. The average Bonchev–Trinajstić information content (AvgIpc) is 3.71. The lowest BCUT2D eigenvalue weighted by molar-refractivity contribution is -0.152. The Kier molecular flexibility index (Phi) is 22.4. The number of ether oxygens (including phenoxy) is 5. The van der Waals surface area contributed by atoms with Gasteiger partial charge in [-0.05, 0) is 132 Å². The molecule has 1 heterocycles. The lowest BCUT2D eigenvalue weighted by Gasteiger charge is -2.35. The number of benzene rings is 3. The third-order valence-corrected chi connectivity index (χ3v) is 13.0. The number of nitriles is 1. The van der Waals surface area contributed by atoms with Gasteiger partial charge in [0, 0.05) is 12.6 Å². The summed E-state index contributed by atoms with van der Waals surface area (Å²) in [5.41, 5.74) is 2.71. The van der Waals surface area contributed by atoms with Gasteiger partial charge >= 0.3 is 11.9 Å². The molecule has 1 amide bonds. The van der Waals surface area contributed by atoms with Crippen LogP contribution in [0.5, 0.6) is 23.0 Å². The molecule has 3 aromatic carbocycles. The number of likely N-dealkylation sites (tertiary alicyclic amines) is 1. The van der Waals surface area contributed by atoms with Crippen molar-refractivity contribution < 1.29 is 43.2 Å². The first-order valence-corrected chi connectivity index (χ1v) is 22.8. The van der Waals surface area contributed by atoms with Crippen molar-refractivity contribution in [1.82, 2.24) is 15.1 Å². The molecule has 0 bridgehead atoms. The second-order valence-electron chi connectivity index (χ2n) is 17.3. The first-order valence-electron chi connectivity index (χ1n) is 22.8. The number of esters is 1. The topological polar surface area (TPSA) is 160 Å². The molecule has 65 heavy (non-hydrogen) atoms. The van der Waals surface area contributed by atoms with Gasteiger partial charge in [0.2, 0.25) is 5.91 Å². The van der Waals surface area contributed by atoms with Crippen molar-refractivity contribution in [3.05, 3.63) is 83.4 Å². The van der Waals surface area contributed by atoms with Gasteiger partial charge in [-0.3, -0.25) is 14.9 Å². The van der Waals surface area contributed by atoms with Gasteiger partial charge in [0.15, 0.2) is 23.0 Å². The van der Waals surface area contributed by atoms with Crippen LogP contribution in [0.4, 0.5) is 0 Å². The van der Waals surface area contributed by atoms with Crippen LogP contribution < -0.4 is 24.3 Å². The number of carbonyl (C=O) groups is 3. The maximum absolute atomic E-state index is 13.4. The van der Waals surface area contributed by atoms with Crippen molar-refractivity contribution in [2.75, 3.05) is 55.2 Å². The second kappa shape index (κ2) is 26.8. The zero-order valence-corrected chi connectivity index (χ0v) is 40.8. The second-order valence-corrected chi connectivity index (χ2v) is 17.3. The minimum Gasteiger partial charge on any atom is -0.493 e. The van der Waals surface area contributed by atoms with E-state index in [9.17, 15) is 24.8 Å². The SMILES string of the molecule is CCOC(=O)[C@H](CCc1ccccc1)N[C@@H](C)C(=O)N1[C@H](C(=O)O)C[C@H]2CCCC[C@@H]21.COc1ccc(CCN(C)CCCC(C#N)(c2ccc(OC)c(OC)c2)C(C)C)cc1OC.Cl. The number of nitrogens with zero attached hydrogens (tertiary/aromatic N) is 3. The summed E-state index contributed by atoms with van der Waals surface area (Å²) in [6, 6.07) is 22.3. The summed E-state index contributed by atoms with van der Waals surface area (Å²) in [6.07, 6.45) is 8.23. The van der Waals surface area contributed by atoms with Gasteiger partial charge in [0.05, 0.1) is 52.6 Å². The highest BCUT2D eigenvalue weighted by molar-refractivity contribution is 5.88. The molecule has 5 rings (SSSR count). The van der Waals surface area contributed by atoms with Crippen molar-refractivity contribution in [2.45, 2.75) is 121 Å². The van der Waals surface area contributed by atoms with Gasteiger partial charge in [0.1, 0.15) is 12.1 Å². The normalized spacial score (nSPS) is 18.4. The minimum atomic E-state index is -0.944. The van der Waals surface area contributed by atoms with Crippen LogP contribution >= 0.6 is 12.4 Å². The molecule has 13 nitrogen and oxygen atoms in total. The first kappa shape index (κ1) is 54.3. The Hall–Kier alpha value is -5.03. The number of carboxylic acid groups (broad SMARTS) is 1. The molecule has 358 valence electrons. The summed E-state index contributed by atoms with van der Waals surface area (Å²) in [6.45, 7) is 9.80. The van der Waals surface area contributed by atoms with Crippen LogP contribution in [-0.2, 0) is 37.4 Å². The molecular weight excluding hydrogens is 848 g/mol. The highest BCUT2D eigenvalue weighted by Gasteiger charge is 2.48. The first-order chi connectivity index (χ1) is 30.8. The zero-order chi connectivity index (χ0) is 46.8. The van der Waals surface area contributed by atoms with Gasteiger partial charge in [-0.15, -0.1) is 12.4 Å². The fourth-order valence-electron chi connectivity index (χ4n) is 9.29. The Balaban J connectivity index is 0.000000341. The zero-order valence-electron chi connectivity index (χ0n) is 40.0. The third-order valence-electron chi connectivity index (χ3n) is 13.0. The van der Waals surface area contributed by atoms with Crippen molar-refractivity contribution in [3.8, 4) is 29.1 Å². The summed E-state index contributed by atoms with van der Waals surface area (Å²) >= 11 is 0. The predicted octanol–water partition coefficient (Wildman–Crippen LogP) is 8.29. The quantitative estimate of drug-likeness (QED) is 0.0931. The number of aryl methyl sites for hydroxylation is 1. The Morgan fingerprint density at radius 3 is 2.09 bits per heavy atom. The van der Waals surface area contributed by atoms with Gasteiger partial charge in [0.25, 0.3) is 0 Å². The molecule has 1 unspecified atom stereocenters. The summed E-state index contributed by atoms with van der Waals surface area (Å²) in [7, 11) is 8.67. The number of hydrogen-bond donors (Lipinski definition) is 2. The van der Waals surface area contributed by atoms with Crippen LogP contribution in [0.2, 0.25) is 0 Å². The van der Waals surface area contributed by atoms with E-state index in [4.69, 9.17) is 23.7 Å². The molecule has 1 aliphatic carbocycles. The number of carboxylic acids is 1. The number of rotatable bonds is 22. The standard InChI is InChI=1S/C27H38N2O4.C24H34N2O5.ClH/c1-20(2)27(19-28,22-10-12-24(31-5)26(18-22)33-7)14-8-15-29(3)16-13-21-9-11-23(30-4)25(17-21)32-6;1-3-31-24(30)19(14-13-17-9-5-4-6-10-17)25-16(2)22(27)26-20-12-8-7-11-18(20)15-21(26)23(28)29;/h9-12,17-18,20H,8,13-16H2,1-7H3;4-6,9-10,16,18-21,25H,3,7-8,11-15H2,1-2H3,(H,28,29);1H/t;16-,18+,19-,20-,21-;/m.0./s1. The molecular formula is C51H73ClN4O9. The van der Waals surface area contributed by atoms with E-state index in [0.717, 1.165) is 80.7 Å². The molecule has 1 saturated carbocycles. The summed E-state index contributed by atoms with van der Waals surface area (Å²) < 4.78 is 26.8. The van der Waals surface area contributed by atoms with E-state index in [2.05, 4.69) is 43.2 Å². The van der Waals surface area contributed by atoms with Crippen LogP contribution in [0.3, 0.4) is 0 Å². The van der Waals surface area contributed by atoms with E-state index in [1.807, 2.05) is 60.7 Å². The number of halogens is 1. The largest absolute Gasteiger partial charge is 0.493 e. The lowest BCUT2D eigenvalue weighted by atomic mass is 9.69. The smallest absolute Gasteiger partial charge is 0.326 e. The Labute approximate surface area is 393 Å². The van der Waals surface area contributed by atoms with E-state index in [1.54, 1.807) is 47.2 Å². The molecule has 6 atom stereocenters. The molecule has 0 spiro atoms. The molecule has 3 aromatic rings. The Morgan fingerprint density at radius 2 is 1.49 bits per heavy atom. The highest BCUT2D eigenvalue weighted by atomic mass is 35.5. The van der Waals surface area contributed by atoms with Crippen LogP contribution in [0.1, 0.15) is 95.8 Å².